The summed E-state index contributed by atoms with van der Waals surface area (Å²) in [5.74, 6) is 1.30. The van der Waals surface area contributed by atoms with Gasteiger partial charge in [-0.25, -0.2) is 10.2 Å². The van der Waals surface area contributed by atoms with Crippen LogP contribution in [0.25, 0.3) is 0 Å². The number of primary amides is 1. The molecule has 0 radical (unpaired) electrons. The van der Waals surface area contributed by atoms with Crippen LogP contribution >= 0.6 is 0 Å². The van der Waals surface area contributed by atoms with Crippen molar-refractivity contribution in [2.75, 3.05) is 0 Å². The van der Waals surface area contributed by atoms with Gasteiger partial charge in [0.1, 0.15) is 0 Å². The maximum absolute atomic E-state index is 10.4. The van der Waals surface area contributed by atoms with Crippen molar-refractivity contribution in [1.82, 2.24) is 5.43 Å². The molecule has 4 heteroatoms. The first-order valence-corrected chi connectivity index (χ1v) is 5.98. The highest BCUT2D eigenvalue weighted by Crippen LogP contribution is 2.39. The SMILES string of the molecule is CC(C)(C)C1CCC(C=NNC(N)=O)CC1. The number of nitrogens with two attached hydrogens (primary N) is 1. The van der Waals surface area contributed by atoms with Crippen molar-refractivity contribution in [1.29, 1.82) is 0 Å². The summed E-state index contributed by atoms with van der Waals surface area (Å²) in [5, 5.41) is 3.83. The average Bonchev–Trinajstić information content (AvgIpc) is 2.16. The van der Waals surface area contributed by atoms with Gasteiger partial charge in [0.15, 0.2) is 0 Å². The van der Waals surface area contributed by atoms with Crippen molar-refractivity contribution >= 4 is 12.2 Å². The van der Waals surface area contributed by atoms with Gasteiger partial charge in [-0.05, 0) is 42.9 Å². The Morgan fingerprint density at radius 3 is 2.31 bits per heavy atom. The topological polar surface area (TPSA) is 67.5 Å². The second kappa shape index (κ2) is 5.32. The summed E-state index contributed by atoms with van der Waals surface area (Å²) in [5.41, 5.74) is 7.58. The number of amides is 2. The lowest BCUT2D eigenvalue weighted by Crippen LogP contribution is -2.28. The van der Waals surface area contributed by atoms with Gasteiger partial charge < -0.3 is 5.73 Å². The molecule has 92 valence electrons. The van der Waals surface area contributed by atoms with Crippen LogP contribution in [0.3, 0.4) is 0 Å². The zero-order chi connectivity index (χ0) is 12.2. The predicted molar refractivity (Wildman–Crippen MR) is 66.1 cm³/mol. The van der Waals surface area contributed by atoms with Gasteiger partial charge in [-0.1, -0.05) is 20.8 Å². The number of hydrogen-bond acceptors (Lipinski definition) is 2. The van der Waals surface area contributed by atoms with Crippen molar-refractivity contribution < 1.29 is 4.79 Å². The maximum Gasteiger partial charge on any atom is 0.332 e. The number of hydrazone groups is 1. The van der Waals surface area contributed by atoms with Crippen LogP contribution in [0.1, 0.15) is 46.5 Å². The Hall–Kier alpha value is -1.06. The Kier molecular flexibility index (Phi) is 4.33. The van der Waals surface area contributed by atoms with Crippen LogP contribution in [-0.4, -0.2) is 12.2 Å². The smallest absolute Gasteiger partial charge is 0.332 e. The van der Waals surface area contributed by atoms with E-state index in [-0.39, 0.29) is 0 Å². The summed E-state index contributed by atoms with van der Waals surface area (Å²) < 4.78 is 0. The Morgan fingerprint density at radius 2 is 1.88 bits per heavy atom. The van der Waals surface area contributed by atoms with Gasteiger partial charge in [-0.2, -0.15) is 5.10 Å². The van der Waals surface area contributed by atoms with E-state index in [2.05, 4.69) is 31.3 Å². The van der Waals surface area contributed by atoms with Crippen molar-refractivity contribution in [3.63, 3.8) is 0 Å². The number of urea groups is 1. The molecular formula is C12H23N3O. The fourth-order valence-electron chi connectivity index (χ4n) is 2.34. The van der Waals surface area contributed by atoms with Crippen LogP contribution in [-0.2, 0) is 0 Å². The lowest BCUT2D eigenvalue weighted by molar-refractivity contribution is 0.168. The number of hydrogen-bond donors (Lipinski definition) is 2. The molecule has 0 atom stereocenters. The second-order valence-corrected chi connectivity index (χ2v) is 5.73. The maximum atomic E-state index is 10.4. The van der Waals surface area contributed by atoms with Gasteiger partial charge >= 0.3 is 6.03 Å². The quantitative estimate of drug-likeness (QED) is 0.550. The first-order chi connectivity index (χ1) is 7.39. The Balaban J connectivity index is 2.32. The molecule has 1 aliphatic rings. The van der Waals surface area contributed by atoms with Crippen LogP contribution in [0.2, 0.25) is 0 Å². The highest BCUT2D eigenvalue weighted by atomic mass is 16.2. The number of rotatable bonds is 2. The molecule has 4 nitrogen and oxygen atoms in total. The van der Waals surface area contributed by atoms with Crippen molar-refractivity contribution in [3.05, 3.63) is 0 Å². The summed E-state index contributed by atoms with van der Waals surface area (Å²) >= 11 is 0. The van der Waals surface area contributed by atoms with Crippen LogP contribution in [0.5, 0.6) is 0 Å². The molecular weight excluding hydrogens is 202 g/mol. The molecule has 0 heterocycles. The van der Waals surface area contributed by atoms with E-state index in [1.54, 1.807) is 0 Å². The minimum Gasteiger partial charge on any atom is -0.350 e. The van der Waals surface area contributed by atoms with Gasteiger partial charge in [-0.3, -0.25) is 0 Å². The highest BCUT2D eigenvalue weighted by molar-refractivity contribution is 5.73. The Morgan fingerprint density at radius 1 is 1.31 bits per heavy atom. The molecule has 1 saturated carbocycles. The predicted octanol–water partition coefficient (Wildman–Crippen LogP) is 2.49. The molecule has 2 amide bonds. The van der Waals surface area contributed by atoms with Crippen LogP contribution in [0.15, 0.2) is 5.10 Å². The minimum atomic E-state index is -0.598. The van der Waals surface area contributed by atoms with Crippen LogP contribution in [0, 0.1) is 17.3 Å². The van der Waals surface area contributed by atoms with E-state index in [0.29, 0.717) is 11.3 Å². The third-order valence-electron chi connectivity index (χ3n) is 3.46. The Labute approximate surface area is 97.7 Å². The van der Waals surface area contributed by atoms with Gasteiger partial charge in [-0.15, -0.1) is 0 Å². The van der Waals surface area contributed by atoms with Crippen molar-refractivity contribution in [2.24, 2.45) is 28.1 Å². The van der Waals surface area contributed by atoms with Gasteiger partial charge in [0.2, 0.25) is 0 Å². The molecule has 3 N–H and O–H groups in total. The molecule has 16 heavy (non-hydrogen) atoms. The van der Waals surface area contributed by atoms with Crippen molar-refractivity contribution in [3.8, 4) is 0 Å². The fraction of sp³-hybridized carbons (Fsp3) is 0.833. The standard InChI is InChI=1S/C12H23N3O/c1-12(2,3)10-6-4-9(5-7-10)8-14-15-11(13)16/h8-10H,4-7H2,1-3H3,(H3,13,15,16). The zero-order valence-electron chi connectivity index (χ0n) is 10.5. The number of carbonyl (C=O) groups is 1. The third kappa shape index (κ3) is 4.21. The van der Waals surface area contributed by atoms with E-state index in [1.807, 2.05) is 6.21 Å². The third-order valence-corrected chi connectivity index (χ3v) is 3.46. The van der Waals surface area contributed by atoms with Crippen LogP contribution in [0.4, 0.5) is 4.79 Å². The van der Waals surface area contributed by atoms with Crippen molar-refractivity contribution in [2.45, 2.75) is 46.5 Å². The average molecular weight is 225 g/mol. The van der Waals surface area contributed by atoms with E-state index in [0.717, 1.165) is 18.8 Å². The summed E-state index contributed by atoms with van der Waals surface area (Å²) in [7, 11) is 0. The summed E-state index contributed by atoms with van der Waals surface area (Å²) in [4.78, 5) is 10.4. The molecule has 0 aromatic heterocycles. The van der Waals surface area contributed by atoms with E-state index in [9.17, 15) is 4.79 Å². The molecule has 1 fully saturated rings. The molecule has 1 aliphatic carbocycles. The van der Waals surface area contributed by atoms with E-state index >= 15 is 0 Å². The minimum absolute atomic E-state index is 0.410. The first kappa shape index (κ1) is 13.0. The number of nitrogens with zero attached hydrogens (tertiary/aromatic N) is 1. The van der Waals surface area contributed by atoms with Gasteiger partial charge in [0, 0.05) is 6.21 Å². The lowest BCUT2D eigenvalue weighted by atomic mass is 9.70. The van der Waals surface area contributed by atoms with E-state index in [1.165, 1.54) is 12.8 Å². The van der Waals surface area contributed by atoms with Gasteiger partial charge in [0.25, 0.3) is 0 Å². The molecule has 1 rings (SSSR count). The molecule has 0 aromatic carbocycles. The summed E-state index contributed by atoms with van der Waals surface area (Å²) in [6.45, 7) is 6.92. The normalized spacial score (nSPS) is 26.9. The molecule has 0 spiro atoms. The summed E-state index contributed by atoms with van der Waals surface area (Å²) in [6.07, 6.45) is 6.63. The fourth-order valence-corrected chi connectivity index (χ4v) is 2.34. The summed E-state index contributed by atoms with van der Waals surface area (Å²) in [6, 6.07) is -0.598. The first-order valence-electron chi connectivity index (χ1n) is 5.98. The second-order valence-electron chi connectivity index (χ2n) is 5.73. The highest BCUT2D eigenvalue weighted by Gasteiger charge is 2.28. The Bertz CT molecular complexity index is 260. The number of carbonyl (C=O) groups excluding carboxylic acids is 1. The molecule has 0 aromatic rings. The largest absolute Gasteiger partial charge is 0.350 e. The van der Waals surface area contributed by atoms with Crippen LogP contribution < -0.4 is 11.2 Å². The zero-order valence-corrected chi connectivity index (χ0v) is 10.5. The molecule has 0 saturated heterocycles. The number of nitrogens with one attached hydrogen (secondary N) is 1. The van der Waals surface area contributed by atoms with E-state index in [4.69, 9.17) is 5.73 Å². The van der Waals surface area contributed by atoms with Gasteiger partial charge in [0.05, 0.1) is 0 Å². The van der Waals surface area contributed by atoms with E-state index < -0.39 is 6.03 Å². The molecule has 0 bridgehead atoms. The molecule has 0 unspecified atom stereocenters. The molecule has 0 aliphatic heterocycles. The monoisotopic (exact) mass is 225 g/mol. The lowest BCUT2D eigenvalue weighted by Gasteiger charge is -2.35.